The zero-order chi connectivity index (χ0) is 8.28. The van der Waals surface area contributed by atoms with Crippen LogP contribution in [0.3, 0.4) is 0 Å². The van der Waals surface area contributed by atoms with Crippen molar-refractivity contribution in [1.82, 2.24) is 0 Å². The first-order chi connectivity index (χ1) is 4.91. The first kappa shape index (κ1) is 8.13. The van der Waals surface area contributed by atoms with E-state index in [1.165, 1.54) is 0 Å². The largest absolute Gasteiger partial charge is 0.392 e. The van der Waals surface area contributed by atoms with Crippen molar-refractivity contribution in [3.8, 4) is 0 Å². The Balaban J connectivity index is 2.11. The van der Waals surface area contributed by atoms with Crippen molar-refractivity contribution in [3.05, 3.63) is 0 Å². The Kier molecular flexibility index (Phi) is 1.52. The summed E-state index contributed by atoms with van der Waals surface area (Å²) in [5, 5.41) is 0. The van der Waals surface area contributed by atoms with Crippen molar-refractivity contribution in [2.24, 2.45) is 11.8 Å². The molecule has 0 N–H and O–H groups in total. The highest BCUT2D eigenvalue weighted by molar-refractivity contribution is 14.1. The molecule has 3 saturated carbocycles. The van der Waals surface area contributed by atoms with Crippen molar-refractivity contribution < 1.29 is 13.2 Å². The van der Waals surface area contributed by atoms with E-state index in [2.05, 4.69) is 22.6 Å². The van der Waals surface area contributed by atoms with Gasteiger partial charge in [0, 0.05) is 3.42 Å². The maximum atomic E-state index is 12.2. The molecule has 3 aliphatic rings. The monoisotopic (exact) mass is 276 g/mol. The average Bonchev–Trinajstić information content (AvgIpc) is 2.15. The molecule has 2 bridgehead atoms. The molecule has 0 aromatic heterocycles. The standard InChI is InChI=1S/C7H8F3I/c8-7(9,10)5-3-6(11)1-4(5)2-6/h4-5H,1-3H2. The third-order valence-electron chi connectivity index (χ3n) is 2.83. The zero-order valence-electron chi connectivity index (χ0n) is 5.79. The molecule has 0 amide bonds. The molecule has 0 aromatic rings. The molecule has 3 aliphatic carbocycles. The van der Waals surface area contributed by atoms with Gasteiger partial charge in [0.05, 0.1) is 5.92 Å². The Morgan fingerprint density at radius 2 is 1.73 bits per heavy atom. The van der Waals surface area contributed by atoms with E-state index in [4.69, 9.17) is 0 Å². The van der Waals surface area contributed by atoms with Crippen LogP contribution in [0.4, 0.5) is 13.2 Å². The van der Waals surface area contributed by atoms with Crippen LogP contribution in [0, 0.1) is 11.8 Å². The fourth-order valence-electron chi connectivity index (χ4n) is 2.27. The lowest BCUT2D eigenvalue weighted by Gasteiger charge is -2.32. The van der Waals surface area contributed by atoms with Crippen molar-refractivity contribution in [3.63, 3.8) is 0 Å². The molecule has 3 rings (SSSR count). The second-order valence-corrected chi connectivity index (χ2v) is 5.96. The predicted molar refractivity (Wildman–Crippen MR) is 43.6 cm³/mol. The Bertz CT molecular complexity index is 181. The first-order valence-corrected chi connectivity index (χ1v) is 4.74. The Hall–Kier alpha value is 0.520. The van der Waals surface area contributed by atoms with Gasteiger partial charge in [-0.1, -0.05) is 22.6 Å². The normalized spacial score (nSPS) is 49.1. The molecule has 0 aromatic carbocycles. The molecule has 0 aliphatic heterocycles. The molecule has 0 radical (unpaired) electrons. The van der Waals surface area contributed by atoms with Gasteiger partial charge < -0.3 is 0 Å². The summed E-state index contributed by atoms with van der Waals surface area (Å²) in [5.74, 6) is -1.04. The van der Waals surface area contributed by atoms with Gasteiger partial charge in [0.2, 0.25) is 0 Å². The lowest BCUT2D eigenvalue weighted by Crippen LogP contribution is -2.30. The van der Waals surface area contributed by atoms with Crippen molar-refractivity contribution >= 4 is 22.6 Å². The quantitative estimate of drug-likeness (QED) is 0.471. The smallest absolute Gasteiger partial charge is 0.171 e. The van der Waals surface area contributed by atoms with E-state index in [1.807, 2.05) is 0 Å². The van der Waals surface area contributed by atoms with E-state index >= 15 is 0 Å². The molecule has 0 saturated heterocycles. The van der Waals surface area contributed by atoms with Crippen molar-refractivity contribution in [2.45, 2.75) is 28.9 Å². The number of rotatable bonds is 0. The molecular weight excluding hydrogens is 268 g/mol. The number of halogens is 4. The lowest BCUT2D eigenvalue weighted by atomic mass is 9.82. The molecule has 0 nitrogen and oxygen atoms in total. The van der Waals surface area contributed by atoms with Gasteiger partial charge in [0.15, 0.2) is 0 Å². The Labute approximate surface area is 76.7 Å². The van der Waals surface area contributed by atoms with E-state index in [9.17, 15) is 13.2 Å². The first-order valence-electron chi connectivity index (χ1n) is 3.66. The summed E-state index contributed by atoms with van der Waals surface area (Å²) < 4.78 is 36.6. The highest BCUT2D eigenvalue weighted by Gasteiger charge is 2.62. The zero-order valence-corrected chi connectivity index (χ0v) is 7.95. The number of hydrogen-bond donors (Lipinski definition) is 0. The van der Waals surface area contributed by atoms with Gasteiger partial charge in [-0.2, -0.15) is 13.2 Å². The van der Waals surface area contributed by atoms with Crippen LogP contribution >= 0.6 is 22.6 Å². The summed E-state index contributed by atoms with van der Waals surface area (Å²) >= 11 is 2.19. The minimum atomic E-state index is -3.94. The van der Waals surface area contributed by atoms with E-state index in [-0.39, 0.29) is 9.34 Å². The minimum Gasteiger partial charge on any atom is -0.171 e. The highest BCUT2D eigenvalue weighted by atomic mass is 127. The van der Waals surface area contributed by atoms with E-state index in [1.54, 1.807) is 0 Å². The molecule has 3 fully saturated rings. The van der Waals surface area contributed by atoms with Gasteiger partial charge in [-0.05, 0) is 25.2 Å². The van der Waals surface area contributed by atoms with Gasteiger partial charge in [0.25, 0.3) is 0 Å². The summed E-state index contributed by atoms with van der Waals surface area (Å²) in [5.41, 5.74) is 0. The van der Waals surface area contributed by atoms with Gasteiger partial charge in [-0.15, -0.1) is 0 Å². The average molecular weight is 276 g/mol. The fraction of sp³-hybridized carbons (Fsp3) is 1.00. The lowest BCUT2D eigenvalue weighted by molar-refractivity contribution is -0.180. The molecule has 4 heteroatoms. The summed E-state index contributed by atoms with van der Waals surface area (Å²) in [6, 6.07) is 0. The van der Waals surface area contributed by atoms with Crippen LogP contribution < -0.4 is 0 Å². The van der Waals surface area contributed by atoms with Crippen LogP contribution in [-0.2, 0) is 0 Å². The summed E-state index contributed by atoms with van der Waals surface area (Å²) in [6.07, 6.45) is -1.99. The van der Waals surface area contributed by atoms with E-state index in [0.29, 0.717) is 6.42 Å². The topological polar surface area (TPSA) is 0 Å². The Morgan fingerprint density at radius 1 is 1.18 bits per heavy atom. The van der Waals surface area contributed by atoms with Crippen LogP contribution in [0.5, 0.6) is 0 Å². The third-order valence-corrected chi connectivity index (χ3v) is 4.15. The molecule has 1 unspecified atom stereocenters. The number of alkyl halides is 4. The van der Waals surface area contributed by atoms with Gasteiger partial charge in [0.1, 0.15) is 0 Å². The second-order valence-electron chi connectivity index (χ2n) is 3.67. The number of hydrogen-bond acceptors (Lipinski definition) is 0. The number of fused-ring (bicyclic) bond motifs is 1. The van der Waals surface area contributed by atoms with Crippen molar-refractivity contribution in [2.75, 3.05) is 0 Å². The molecule has 11 heavy (non-hydrogen) atoms. The Morgan fingerprint density at radius 3 is 1.91 bits per heavy atom. The van der Waals surface area contributed by atoms with Crippen LogP contribution in [0.25, 0.3) is 0 Å². The van der Waals surface area contributed by atoms with E-state index < -0.39 is 12.1 Å². The maximum Gasteiger partial charge on any atom is 0.392 e. The molecular formula is C7H8F3I. The van der Waals surface area contributed by atoms with Crippen LogP contribution in [0.1, 0.15) is 19.3 Å². The SMILES string of the molecule is FC(F)(F)C1CC2(I)CC1C2. The minimum absolute atomic E-state index is 0.0165. The second kappa shape index (κ2) is 2.06. The van der Waals surface area contributed by atoms with Crippen molar-refractivity contribution in [1.29, 1.82) is 0 Å². The van der Waals surface area contributed by atoms with Crippen LogP contribution in [-0.4, -0.2) is 9.60 Å². The molecule has 64 valence electrons. The summed E-state index contributed by atoms with van der Waals surface area (Å²) in [7, 11) is 0. The molecule has 1 atom stereocenters. The van der Waals surface area contributed by atoms with E-state index in [0.717, 1.165) is 12.8 Å². The van der Waals surface area contributed by atoms with Crippen LogP contribution in [0.2, 0.25) is 0 Å². The third kappa shape index (κ3) is 1.17. The molecule has 0 spiro atoms. The molecule has 0 heterocycles. The fourth-order valence-corrected chi connectivity index (χ4v) is 3.88. The predicted octanol–water partition coefficient (Wildman–Crippen LogP) is 3.15. The van der Waals surface area contributed by atoms with Gasteiger partial charge in [-0.25, -0.2) is 0 Å². The summed E-state index contributed by atoms with van der Waals surface area (Å²) in [4.78, 5) is 0. The van der Waals surface area contributed by atoms with Crippen LogP contribution in [0.15, 0.2) is 0 Å². The van der Waals surface area contributed by atoms with Gasteiger partial charge >= 0.3 is 6.18 Å². The maximum absolute atomic E-state index is 12.2. The highest BCUT2D eigenvalue weighted by Crippen LogP contribution is 2.64. The summed E-state index contributed by atoms with van der Waals surface area (Å²) in [6.45, 7) is 0. The van der Waals surface area contributed by atoms with Gasteiger partial charge in [-0.3, -0.25) is 0 Å².